The van der Waals surface area contributed by atoms with E-state index in [9.17, 15) is 0 Å². The monoisotopic (exact) mass is 271 g/mol. The number of pyridine rings is 1. The Morgan fingerprint density at radius 2 is 2.21 bits per heavy atom. The summed E-state index contributed by atoms with van der Waals surface area (Å²) in [5.74, 6) is 0.992. The molecule has 1 unspecified atom stereocenters. The molecule has 19 heavy (non-hydrogen) atoms. The number of benzene rings is 1. The van der Waals surface area contributed by atoms with Crippen LogP contribution in [0, 0.1) is 0 Å². The van der Waals surface area contributed by atoms with Crippen molar-refractivity contribution >= 4 is 33.9 Å². The van der Waals surface area contributed by atoms with E-state index >= 15 is 0 Å². The Morgan fingerprint density at radius 1 is 1.42 bits per heavy atom. The van der Waals surface area contributed by atoms with Gasteiger partial charge in [0.05, 0.1) is 5.52 Å². The molecule has 1 aromatic heterocycles. The third-order valence-electron chi connectivity index (χ3n) is 3.82. The molecule has 1 atom stereocenters. The topological polar surface area (TPSA) is 42.1 Å². The van der Waals surface area contributed by atoms with Gasteiger partial charge >= 0.3 is 0 Å². The molecule has 3 nitrogen and oxygen atoms in total. The summed E-state index contributed by atoms with van der Waals surface area (Å²) < 4.78 is 0. The van der Waals surface area contributed by atoms with Crippen molar-refractivity contribution in [1.29, 1.82) is 0 Å². The van der Waals surface area contributed by atoms with E-state index in [0.717, 1.165) is 28.8 Å². The molecule has 0 radical (unpaired) electrons. The van der Waals surface area contributed by atoms with Gasteiger partial charge in [0.25, 0.3) is 0 Å². The van der Waals surface area contributed by atoms with Crippen molar-refractivity contribution in [3.8, 4) is 0 Å². The molecule has 1 aromatic carbocycles. The molecule has 0 amide bonds. The van der Waals surface area contributed by atoms with Crippen LogP contribution >= 0.6 is 12.2 Å². The first-order valence-corrected chi connectivity index (χ1v) is 7.04. The molecule has 2 heterocycles. The normalized spacial score (nSPS) is 19.0. The van der Waals surface area contributed by atoms with Gasteiger partial charge in [0.1, 0.15) is 10.8 Å². The number of aromatic nitrogens is 1. The van der Waals surface area contributed by atoms with Crippen LogP contribution in [0.15, 0.2) is 30.3 Å². The van der Waals surface area contributed by atoms with Gasteiger partial charge in [-0.2, -0.15) is 0 Å². The van der Waals surface area contributed by atoms with Crippen molar-refractivity contribution in [3.05, 3.63) is 35.9 Å². The highest BCUT2D eigenvalue weighted by Crippen LogP contribution is 2.28. The zero-order chi connectivity index (χ0) is 13.4. The van der Waals surface area contributed by atoms with Crippen LogP contribution in [0.3, 0.4) is 0 Å². The van der Waals surface area contributed by atoms with E-state index in [2.05, 4.69) is 11.8 Å². The molecular formula is C15H17N3S. The van der Waals surface area contributed by atoms with Crippen molar-refractivity contribution in [2.24, 2.45) is 5.73 Å². The Bertz CT molecular complexity index is 638. The number of anilines is 1. The molecular weight excluding hydrogens is 254 g/mol. The third-order valence-corrected chi connectivity index (χ3v) is 4.04. The molecule has 2 N–H and O–H groups in total. The Labute approximate surface area is 118 Å². The number of rotatable bonds is 2. The second-order valence-corrected chi connectivity index (χ2v) is 5.53. The number of fused-ring (bicyclic) bond motifs is 1. The van der Waals surface area contributed by atoms with Crippen LogP contribution in [0.25, 0.3) is 10.9 Å². The summed E-state index contributed by atoms with van der Waals surface area (Å²) in [7, 11) is 0. The van der Waals surface area contributed by atoms with Crippen LogP contribution in [0.2, 0.25) is 0 Å². The molecule has 3 rings (SSSR count). The fourth-order valence-electron chi connectivity index (χ4n) is 2.79. The minimum atomic E-state index is 0.437. The van der Waals surface area contributed by atoms with Gasteiger partial charge in [-0.3, -0.25) is 0 Å². The van der Waals surface area contributed by atoms with Crippen LogP contribution in [0.1, 0.15) is 25.3 Å². The number of nitrogens with zero attached hydrogens (tertiary/aromatic N) is 2. The maximum Gasteiger partial charge on any atom is 0.130 e. The number of hydrogen-bond acceptors (Lipinski definition) is 3. The molecule has 0 spiro atoms. The van der Waals surface area contributed by atoms with Crippen LogP contribution in [0.5, 0.6) is 0 Å². The molecule has 0 aliphatic carbocycles. The van der Waals surface area contributed by atoms with Crippen molar-refractivity contribution < 1.29 is 0 Å². The summed E-state index contributed by atoms with van der Waals surface area (Å²) in [5, 5.41) is 1.03. The first-order valence-electron chi connectivity index (χ1n) is 6.63. The summed E-state index contributed by atoms with van der Waals surface area (Å²) in [6.45, 7) is 3.30. The summed E-state index contributed by atoms with van der Waals surface area (Å²) in [6, 6.07) is 10.6. The molecule has 1 saturated heterocycles. The Hall–Kier alpha value is -1.68. The highest BCUT2D eigenvalue weighted by molar-refractivity contribution is 7.80. The smallest absolute Gasteiger partial charge is 0.130 e. The van der Waals surface area contributed by atoms with E-state index in [1.165, 1.54) is 12.8 Å². The van der Waals surface area contributed by atoms with Gasteiger partial charge in [0.2, 0.25) is 0 Å². The minimum absolute atomic E-state index is 0.437. The van der Waals surface area contributed by atoms with Gasteiger partial charge in [0, 0.05) is 23.5 Å². The number of thiocarbonyl (C=S) groups is 1. The van der Waals surface area contributed by atoms with Crippen molar-refractivity contribution in [3.63, 3.8) is 0 Å². The molecule has 0 saturated carbocycles. The van der Waals surface area contributed by atoms with Crippen LogP contribution < -0.4 is 10.6 Å². The molecule has 4 heteroatoms. The number of nitrogens with two attached hydrogens (primary N) is 1. The van der Waals surface area contributed by atoms with Crippen molar-refractivity contribution in [1.82, 2.24) is 4.98 Å². The zero-order valence-electron chi connectivity index (χ0n) is 11.0. The predicted molar refractivity (Wildman–Crippen MR) is 83.7 cm³/mol. The van der Waals surface area contributed by atoms with Gasteiger partial charge < -0.3 is 10.6 Å². The Balaban J connectivity index is 2.18. The first kappa shape index (κ1) is 12.4. The molecule has 2 aromatic rings. The first-order chi connectivity index (χ1) is 9.16. The lowest BCUT2D eigenvalue weighted by molar-refractivity contribution is 0.728. The van der Waals surface area contributed by atoms with Gasteiger partial charge in [-0.25, -0.2) is 4.98 Å². The summed E-state index contributed by atoms with van der Waals surface area (Å²) in [5.41, 5.74) is 7.75. The minimum Gasteiger partial charge on any atom is -0.389 e. The molecule has 1 aliphatic heterocycles. The molecule has 0 bridgehead atoms. The lowest BCUT2D eigenvalue weighted by Crippen LogP contribution is -2.27. The standard InChI is InChI=1S/C15H17N3S/c1-10-5-4-8-18(10)14-9-12(15(16)19)11-6-2-3-7-13(11)17-14/h2-3,6-7,9-10H,4-5,8H2,1H3,(H2,16,19). The average molecular weight is 271 g/mol. The zero-order valence-corrected chi connectivity index (χ0v) is 11.8. The summed E-state index contributed by atoms with van der Waals surface area (Å²) >= 11 is 5.18. The average Bonchev–Trinajstić information content (AvgIpc) is 2.83. The van der Waals surface area contributed by atoms with Gasteiger partial charge in [-0.15, -0.1) is 0 Å². The van der Waals surface area contributed by atoms with Gasteiger partial charge in [-0.05, 0) is 31.9 Å². The lowest BCUT2D eigenvalue weighted by Gasteiger charge is -2.23. The fraction of sp³-hybridized carbons (Fsp3) is 0.333. The van der Waals surface area contributed by atoms with Crippen LogP contribution in [-0.2, 0) is 0 Å². The number of para-hydroxylation sites is 1. The van der Waals surface area contributed by atoms with Crippen molar-refractivity contribution in [2.75, 3.05) is 11.4 Å². The van der Waals surface area contributed by atoms with E-state index in [0.29, 0.717) is 11.0 Å². The molecule has 98 valence electrons. The predicted octanol–water partition coefficient (Wildman–Crippen LogP) is 2.86. The Kier molecular flexibility index (Phi) is 3.11. The maximum atomic E-state index is 5.87. The van der Waals surface area contributed by atoms with E-state index in [-0.39, 0.29) is 0 Å². The van der Waals surface area contributed by atoms with E-state index in [1.807, 2.05) is 30.3 Å². The number of hydrogen-bond donors (Lipinski definition) is 1. The fourth-order valence-corrected chi connectivity index (χ4v) is 2.95. The highest BCUT2D eigenvalue weighted by Gasteiger charge is 2.22. The second kappa shape index (κ2) is 4.78. The Morgan fingerprint density at radius 3 is 2.89 bits per heavy atom. The van der Waals surface area contributed by atoms with E-state index < -0.39 is 0 Å². The maximum absolute atomic E-state index is 5.87. The van der Waals surface area contributed by atoms with E-state index in [4.69, 9.17) is 22.9 Å². The molecule has 1 fully saturated rings. The largest absolute Gasteiger partial charge is 0.389 e. The highest BCUT2D eigenvalue weighted by atomic mass is 32.1. The quantitative estimate of drug-likeness (QED) is 0.853. The van der Waals surface area contributed by atoms with Crippen LogP contribution in [0.4, 0.5) is 5.82 Å². The van der Waals surface area contributed by atoms with Crippen molar-refractivity contribution in [2.45, 2.75) is 25.8 Å². The van der Waals surface area contributed by atoms with E-state index in [1.54, 1.807) is 0 Å². The summed E-state index contributed by atoms with van der Waals surface area (Å²) in [4.78, 5) is 7.54. The second-order valence-electron chi connectivity index (χ2n) is 5.09. The molecule has 1 aliphatic rings. The van der Waals surface area contributed by atoms with Crippen LogP contribution in [-0.4, -0.2) is 22.6 Å². The third kappa shape index (κ3) is 2.16. The summed E-state index contributed by atoms with van der Waals surface area (Å²) in [6.07, 6.45) is 2.44. The lowest BCUT2D eigenvalue weighted by atomic mass is 10.1. The van der Waals surface area contributed by atoms with Gasteiger partial charge in [-0.1, -0.05) is 30.4 Å². The van der Waals surface area contributed by atoms with Gasteiger partial charge in [0.15, 0.2) is 0 Å². The SMILES string of the molecule is CC1CCCN1c1cc(C(N)=S)c2ccccc2n1.